The van der Waals surface area contributed by atoms with E-state index in [-0.39, 0.29) is 0 Å². The normalized spacial score (nSPS) is 12.5. The molecule has 0 bridgehead atoms. The molecule has 0 aromatic heterocycles. The molecule has 0 fully saturated rings. The van der Waals surface area contributed by atoms with Gasteiger partial charge in [-0.1, -0.05) is 218 Å². The predicted molar refractivity (Wildman–Crippen MR) is 380 cm³/mol. The zero-order valence-corrected chi connectivity index (χ0v) is 47.7. The Morgan fingerprint density at radius 3 is 0.489 bits per heavy atom. The van der Waals surface area contributed by atoms with Crippen molar-refractivity contribution in [2.24, 2.45) is 0 Å². The van der Waals surface area contributed by atoms with E-state index in [1.54, 1.807) is 0 Å². The standard InChI is InChI=1S/C88H48/c1-2-10-58-46-74-73(45-57(58)9-1)87(85(69-37-61-29-21-49-13-5-14-50-22-30-62(38-69)81(61)77(49)50)70-39-63-31-23-51-15-6-16-52-24-32-64(40-70)82(63)78(51)52)75-47-59-11-3-4-12-60(59)48-76(75)88(74)86(71-41-65-33-25-53-17-7-18-54-26-34-66(42-71)83(65)79(53)54)72-43-67-35-27-55-19-8-20-56-28-36-68(44-72)84(67)80(55)56/h1-48H. The molecule has 0 amide bonds. The fraction of sp³-hybridized carbons (Fsp3) is 0. The lowest BCUT2D eigenvalue weighted by atomic mass is 9.82. The molecule has 0 N–H and O–H groups in total. The minimum Gasteiger partial charge on any atom is -0.0616 e. The molecule has 0 unspecified atom stereocenters. The fourth-order valence-electron chi connectivity index (χ4n) is 16.6. The Balaban J connectivity index is 1.02. The maximum atomic E-state index is 2.53. The van der Waals surface area contributed by atoms with Crippen LogP contribution in [0.15, 0.2) is 291 Å². The van der Waals surface area contributed by atoms with Crippen LogP contribution in [-0.4, -0.2) is 0 Å². The molecule has 0 spiro atoms. The van der Waals surface area contributed by atoms with Gasteiger partial charge in [-0.25, -0.2) is 0 Å². The number of hydrogen-bond acceptors (Lipinski definition) is 0. The van der Waals surface area contributed by atoms with Crippen molar-refractivity contribution in [1.29, 1.82) is 0 Å². The summed E-state index contributed by atoms with van der Waals surface area (Å²) in [5, 5.41) is 42.9. The van der Waals surface area contributed by atoms with Gasteiger partial charge in [0, 0.05) is 0 Å². The largest absolute Gasteiger partial charge is 0.0616 e. The monoisotopic (exact) mass is 1100 g/mol. The summed E-state index contributed by atoms with van der Waals surface area (Å²) in [7, 11) is 0. The Kier molecular flexibility index (Phi) is 9.13. The molecule has 0 saturated heterocycles. The van der Waals surface area contributed by atoms with E-state index < -0.39 is 0 Å². The molecule has 0 radical (unpaired) electrons. The molecule has 88 heavy (non-hydrogen) atoms. The molecule has 0 aliphatic rings. The fourth-order valence-corrected chi connectivity index (χ4v) is 16.6. The van der Waals surface area contributed by atoms with Gasteiger partial charge in [-0.05, 0) is 289 Å². The number of rotatable bonds is 4. The zero-order chi connectivity index (χ0) is 57.0. The molecule has 400 valence electrons. The second-order valence-electron chi connectivity index (χ2n) is 25.0. The molecule has 0 heteroatoms. The molecule has 0 nitrogen and oxygen atoms in total. The van der Waals surface area contributed by atoms with Crippen LogP contribution < -0.4 is 10.4 Å². The first-order valence-electron chi connectivity index (χ1n) is 30.8. The second kappa shape index (κ2) is 17.1. The lowest BCUT2D eigenvalue weighted by Gasteiger charge is -2.21. The van der Waals surface area contributed by atoms with Crippen molar-refractivity contribution >= 4 is 184 Å². The smallest absolute Gasteiger partial charge is 0.00139 e. The summed E-state index contributed by atoms with van der Waals surface area (Å²) in [6.45, 7) is 0. The Hall–Kier alpha value is -11.4. The van der Waals surface area contributed by atoms with Crippen LogP contribution in [0.2, 0.25) is 0 Å². The van der Waals surface area contributed by atoms with Gasteiger partial charge in [-0.2, -0.15) is 0 Å². The van der Waals surface area contributed by atoms with E-state index >= 15 is 0 Å². The molecule has 0 atom stereocenters. The zero-order valence-electron chi connectivity index (χ0n) is 47.7. The van der Waals surface area contributed by atoms with Gasteiger partial charge >= 0.3 is 0 Å². The van der Waals surface area contributed by atoms with E-state index in [2.05, 4.69) is 291 Å². The summed E-state index contributed by atoms with van der Waals surface area (Å²) in [5.41, 5.74) is 7.21. The molecule has 0 saturated carbocycles. The van der Waals surface area contributed by atoms with Crippen LogP contribution in [0.4, 0.5) is 0 Å². The van der Waals surface area contributed by atoms with Gasteiger partial charge in [0.2, 0.25) is 0 Å². The van der Waals surface area contributed by atoms with E-state index in [1.807, 2.05) is 0 Å². The van der Waals surface area contributed by atoms with Crippen molar-refractivity contribution in [3.8, 4) is 0 Å². The van der Waals surface area contributed by atoms with E-state index in [1.165, 1.54) is 216 Å². The van der Waals surface area contributed by atoms with E-state index in [4.69, 9.17) is 0 Å². The van der Waals surface area contributed by atoms with Crippen LogP contribution in [0.25, 0.3) is 184 Å². The highest BCUT2D eigenvalue weighted by Crippen LogP contribution is 2.44. The van der Waals surface area contributed by atoms with Gasteiger partial charge in [0.25, 0.3) is 0 Å². The van der Waals surface area contributed by atoms with Gasteiger partial charge in [-0.3, -0.25) is 0 Å². The third-order valence-electron chi connectivity index (χ3n) is 20.4. The van der Waals surface area contributed by atoms with Crippen molar-refractivity contribution in [1.82, 2.24) is 0 Å². The second-order valence-corrected chi connectivity index (χ2v) is 25.0. The third-order valence-corrected chi connectivity index (χ3v) is 20.4. The van der Waals surface area contributed by atoms with Gasteiger partial charge in [0.15, 0.2) is 0 Å². The summed E-state index contributed by atoms with van der Waals surface area (Å²) >= 11 is 0. The van der Waals surface area contributed by atoms with E-state index in [0.29, 0.717) is 0 Å². The highest BCUT2D eigenvalue weighted by atomic mass is 14.3. The molecule has 0 aliphatic heterocycles. The summed E-state index contributed by atoms with van der Waals surface area (Å²) in [5.74, 6) is 0. The minimum atomic E-state index is 1.19. The summed E-state index contributed by atoms with van der Waals surface area (Å²) in [6, 6.07) is 113. The minimum absolute atomic E-state index is 1.19. The van der Waals surface area contributed by atoms with Crippen molar-refractivity contribution in [3.05, 3.63) is 324 Å². The van der Waals surface area contributed by atoms with E-state index in [0.717, 1.165) is 0 Å². The molecule has 21 aromatic carbocycles. The topological polar surface area (TPSA) is 0 Å². The van der Waals surface area contributed by atoms with Gasteiger partial charge in [-0.15, -0.1) is 0 Å². The predicted octanol–water partition coefficient (Wildman–Crippen LogP) is 22.4. The van der Waals surface area contributed by atoms with Crippen LogP contribution >= 0.6 is 0 Å². The summed E-state index contributed by atoms with van der Waals surface area (Å²) in [4.78, 5) is 0. The molecule has 21 rings (SSSR count). The van der Waals surface area contributed by atoms with Gasteiger partial charge in [0.05, 0.1) is 0 Å². The first kappa shape index (κ1) is 46.9. The van der Waals surface area contributed by atoms with Crippen LogP contribution in [-0.2, 0) is 0 Å². The maximum Gasteiger partial charge on any atom is -0.00139 e. The highest BCUT2D eigenvalue weighted by Gasteiger charge is 2.24. The van der Waals surface area contributed by atoms with Crippen LogP contribution in [0.3, 0.4) is 0 Å². The van der Waals surface area contributed by atoms with Crippen molar-refractivity contribution in [2.75, 3.05) is 0 Å². The molecular formula is C88H48. The van der Waals surface area contributed by atoms with Gasteiger partial charge in [0.1, 0.15) is 0 Å². The Bertz CT molecular complexity index is 5710. The molecule has 0 aliphatic carbocycles. The maximum absolute atomic E-state index is 2.53. The Morgan fingerprint density at radius 2 is 0.295 bits per heavy atom. The quantitative estimate of drug-likeness (QED) is 0.122. The SMILES string of the molecule is c1ccc2cc3c(=C(c4cc5ccc6cccc7ccc(c4)c5c67)c4cc5ccc6cccc7ccc(c4)c5c67)c4cc5ccccc5cc4c(=C(c4cc5ccc6cccc7ccc(c4)c5c67)c4cc5ccc6cccc7ccc(c4)c5c67)c3cc2c1. The first-order valence-corrected chi connectivity index (χ1v) is 30.8. The van der Waals surface area contributed by atoms with Gasteiger partial charge < -0.3 is 0 Å². The molecule has 21 aromatic rings. The summed E-state index contributed by atoms with van der Waals surface area (Å²) < 4.78 is 0. The van der Waals surface area contributed by atoms with Crippen molar-refractivity contribution in [3.63, 3.8) is 0 Å². The first-order chi connectivity index (χ1) is 43.6. The van der Waals surface area contributed by atoms with Crippen LogP contribution in [0.1, 0.15) is 22.3 Å². The number of benzene rings is 21. The van der Waals surface area contributed by atoms with Crippen LogP contribution in [0, 0.1) is 0 Å². The Morgan fingerprint density at radius 1 is 0.136 bits per heavy atom. The lowest BCUT2D eigenvalue weighted by Crippen LogP contribution is -2.21. The molecular weight excluding hydrogens is 1060 g/mol. The average molecular weight is 1110 g/mol. The lowest BCUT2D eigenvalue weighted by molar-refractivity contribution is 1.56. The third kappa shape index (κ3) is 6.43. The highest BCUT2D eigenvalue weighted by molar-refractivity contribution is 6.29. The average Bonchev–Trinajstić information content (AvgIpc) is 0.801. The molecule has 0 heterocycles. The van der Waals surface area contributed by atoms with Crippen molar-refractivity contribution in [2.45, 2.75) is 0 Å². The van der Waals surface area contributed by atoms with Crippen LogP contribution in [0.5, 0.6) is 0 Å². The Labute approximate surface area is 504 Å². The van der Waals surface area contributed by atoms with Crippen molar-refractivity contribution < 1.29 is 0 Å². The summed E-state index contributed by atoms with van der Waals surface area (Å²) in [6.07, 6.45) is 0. The number of hydrogen-bond donors (Lipinski definition) is 0. The number of fused-ring (bicyclic) bond motifs is 4. The van der Waals surface area contributed by atoms with E-state index in [9.17, 15) is 0 Å².